The van der Waals surface area contributed by atoms with Crippen molar-refractivity contribution in [2.24, 2.45) is 0 Å². The van der Waals surface area contributed by atoms with E-state index in [1.165, 1.54) is 17.8 Å². The summed E-state index contributed by atoms with van der Waals surface area (Å²) in [4.78, 5) is 38.6. The van der Waals surface area contributed by atoms with Gasteiger partial charge in [0, 0.05) is 37.0 Å². The number of rotatable bonds is 10. The van der Waals surface area contributed by atoms with E-state index in [9.17, 15) is 9.59 Å². The van der Waals surface area contributed by atoms with Crippen molar-refractivity contribution in [1.29, 1.82) is 0 Å². The molecule has 1 aliphatic rings. The fourth-order valence-electron chi connectivity index (χ4n) is 3.67. The van der Waals surface area contributed by atoms with Crippen molar-refractivity contribution in [1.82, 2.24) is 34.6 Å². The molecule has 4 heterocycles. The molecule has 0 aromatic carbocycles. The number of nitrogens with one attached hydrogen (secondary N) is 2. The lowest BCUT2D eigenvalue weighted by Gasteiger charge is -2.13. The van der Waals surface area contributed by atoms with E-state index in [1.54, 1.807) is 34.1 Å². The molecule has 0 spiro atoms. The largest absolute Gasteiger partial charge is 0.369 e. The quantitative estimate of drug-likeness (QED) is 0.327. The second-order valence-electron chi connectivity index (χ2n) is 7.73. The highest BCUT2D eigenvalue weighted by Crippen LogP contribution is 2.31. The Morgan fingerprint density at radius 2 is 2.12 bits per heavy atom. The molecule has 1 amide bonds. The average Bonchev–Trinajstić information content (AvgIpc) is 3.36. The number of amides is 1. The van der Waals surface area contributed by atoms with Gasteiger partial charge in [-0.15, -0.1) is 0 Å². The van der Waals surface area contributed by atoms with Crippen LogP contribution < -0.4 is 16.2 Å². The number of nitrogens with zero attached hydrogens (tertiary/aromatic N) is 6. The predicted molar refractivity (Wildman–Crippen MR) is 131 cm³/mol. The van der Waals surface area contributed by atoms with Gasteiger partial charge in [0.15, 0.2) is 16.0 Å². The molecular formula is C21H28N8O2S2. The highest BCUT2D eigenvalue weighted by molar-refractivity contribution is 7.99. The van der Waals surface area contributed by atoms with Gasteiger partial charge in [-0.1, -0.05) is 37.4 Å². The van der Waals surface area contributed by atoms with E-state index in [0.717, 1.165) is 35.6 Å². The summed E-state index contributed by atoms with van der Waals surface area (Å²) < 4.78 is 3.43. The van der Waals surface area contributed by atoms with E-state index in [1.807, 2.05) is 0 Å². The Kier molecular flexibility index (Phi) is 7.53. The van der Waals surface area contributed by atoms with Crippen LogP contribution in [-0.4, -0.2) is 59.8 Å². The molecule has 0 saturated heterocycles. The predicted octanol–water partition coefficient (Wildman–Crippen LogP) is 2.48. The van der Waals surface area contributed by atoms with Gasteiger partial charge in [0.1, 0.15) is 5.82 Å². The minimum atomic E-state index is -0.176. The monoisotopic (exact) mass is 488 g/mol. The molecule has 0 radical (unpaired) electrons. The lowest BCUT2D eigenvalue weighted by atomic mass is 10.2. The molecule has 0 fully saturated rings. The molecule has 10 nitrogen and oxygen atoms in total. The Morgan fingerprint density at radius 1 is 1.27 bits per heavy atom. The highest BCUT2D eigenvalue weighted by atomic mass is 32.2. The first-order chi connectivity index (χ1) is 16.0. The van der Waals surface area contributed by atoms with Crippen LogP contribution in [0.2, 0.25) is 0 Å². The summed E-state index contributed by atoms with van der Waals surface area (Å²) in [7, 11) is 0. The van der Waals surface area contributed by atoms with Crippen LogP contribution >= 0.6 is 23.5 Å². The Balaban J connectivity index is 1.40. The van der Waals surface area contributed by atoms with Crippen molar-refractivity contribution in [2.45, 2.75) is 56.5 Å². The lowest BCUT2D eigenvalue weighted by molar-refractivity contribution is -0.121. The van der Waals surface area contributed by atoms with Gasteiger partial charge in [0.2, 0.25) is 5.91 Å². The van der Waals surface area contributed by atoms with Crippen LogP contribution in [0.5, 0.6) is 0 Å². The van der Waals surface area contributed by atoms with Gasteiger partial charge < -0.3 is 10.6 Å². The molecule has 3 aromatic rings. The van der Waals surface area contributed by atoms with Crippen LogP contribution in [0.4, 0.5) is 5.82 Å². The third-order valence-electron chi connectivity index (χ3n) is 5.18. The molecule has 12 heteroatoms. The van der Waals surface area contributed by atoms with Crippen molar-refractivity contribution >= 4 is 46.3 Å². The van der Waals surface area contributed by atoms with Gasteiger partial charge in [-0.25, -0.2) is 19.6 Å². The van der Waals surface area contributed by atoms with Crippen LogP contribution in [0, 0.1) is 6.92 Å². The summed E-state index contributed by atoms with van der Waals surface area (Å²) in [5.41, 5.74) is 1.35. The molecule has 1 aliphatic heterocycles. The lowest BCUT2D eigenvalue weighted by Crippen LogP contribution is -2.32. The molecular weight excluding hydrogens is 460 g/mol. The summed E-state index contributed by atoms with van der Waals surface area (Å²) in [6.07, 6.45) is 3.01. The number of fused-ring (bicyclic) bond motifs is 2. The Morgan fingerprint density at radius 3 is 2.91 bits per heavy atom. The first-order valence-electron chi connectivity index (χ1n) is 11.1. The number of aromatic nitrogens is 6. The number of hydrogen-bond donors (Lipinski definition) is 2. The van der Waals surface area contributed by atoms with Crippen LogP contribution in [-0.2, 0) is 11.3 Å². The summed E-state index contributed by atoms with van der Waals surface area (Å²) >= 11 is 3.10. The van der Waals surface area contributed by atoms with Gasteiger partial charge >= 0.3 is 0 Å². The Labute approximate surface area is 200 Å². The number of anilines is 1. The maximum atomic E-state index is 12.6. The van der Waals surface area contributed by atoms with E-state index in [4.69, 9.17) is 0 Å². The second kappa shape index (κ2) is 10.6. The molecule has 1 atom stereocenters. The zero-order valence-corrected chi connectivity index (χ0v) is 20.6. The van der Waals surface area contributed by atoms with E-state index in [-0.39, 0.29) is 23.9 Å². The van der Waals surface area contributed by atoms with Crippen LogP contribution in [0.1, 0.15) is 38.4 Å². The fraction of sp³-hybridized carbons (Fsp3) is 0.524. The van der Waals surface area contributed by atoms with Crippen molar-refractivity contribution in [2.75, 3.05) is 29.9 Å². The summed E-state index contributed by atoms with van der Waals surface area (Å²) in [5, 5.41) is 13.1. The van der Waals surface area contributed by atoms with E-state index in [0.29, 0.717) is 34.8 Å². The zero-order valence-electron chi connectivity index (χ0n) is 19.0. The van der Waals surface area contributed by atoms with E-state index in [2.05, 4.69) is 44.5 Å². The standard InChI is InChI=1S/C21H28N8O2S2/c1-4-6-23-18-15-11-24-28(19(15)27-20(26-18)32-5-2)8-7-22-16(30)10-14-12-33-21-25-13(3)9-17(31)29(14)21/h9,11,14H,4-8,10,12H2,1-3H3,(H,22,30)(H,23,26,27). The molecule has 2 N–H and O–H groups in total. The number of carbonyl (C=O) groups is 1. The smallest absolute Gasteiger partial charge is 0.254 e. The Bertz CT molecular complexity index is 1210. The fourth-order valence-corrected chi connectivity index (χ4v) is 5.43. The molecule has 1 unspecified atom stereocenters. The average molecular weight is 489 g/mol. The maximum Gasteiger partial charge on any atom is 0.254 e. The van der Waals surface area contributed by atoms with Gasteiger partial charge in [0.25, 0.3) is 5.56 Å². The molecule has 0 bridgehead atoms. The number of thioether (sulfide) groups is 2. The van der Waals surface area contributed by atoms with Gasteiger partial charge in [-0.05, 0) is 19.1 Å². The van der Waals surface area contributed by atoms with Crippen molar-refractivity contribution in [3.05, 3.63) is 28.3 Å². The number of hydrogen-bond acceptors (Lipinski definition) is 9. The molecule has 176 valence electrons. The minimum absolute atomic E-state index is 0.0976. The first kappa shape index (κ1) is 23.6. The summed E-state index contributed by atoms with van der Waals surface area (Å²) in [6.45, 7) is 7.71. The van der Waals surface area contributed by atoms with Crippen LogP contribution in [0.3, 0.4) is 0 Å². The SMILES string of the molecule is CCCNc1nc(SCC)nc2c1cnn2CCNC(=O)CC1CSc2nc(C)cc(=O)n21. The van der Waals surface area contributed by atoms with Crippen LogP contribution in [0.15, 0.2) is 27.4 Å². The topological polar surface area (TPSA) is 120 Å². The molecule has 0 aliphatic carbocycles. The number of aryl methyl sites for hydroxylation is 1. The van der Waals surface area contributed by atoms with E-state index < -0.39 is 0 Å². The van der Waals surface area contributed by atoms with Gasteiger partial charge in [-0.2, -0.15) is 5.10 Å². The zero-order chi connectivity index (χ0) is 23.4. The Hall–Kier alpha value is -2.60. The van der Waals surface area contributed by atoms with Crippen molar-refractivity contribution < 1.29 is 4.79 Å². The maximum absolute atomic E-state index is 12.6. The normalized spacial score (nSPS) is 15.1. The molecule has 4 rings (SSSR count). The number of carbonyl (C=O) groups excluding carboxylic acids is 1. The van der Waals surface area contributed by atoms with Crippen molar-refractivity contribution in [3.8, 4) is 0 Å². The minimum Gasteiger partial charge on any atom is -0.369 e. The third-order valence-corrected chi connectivity index (χ3v) is 7.00. The van der Waals surface area contributed by atoms with Crippen LogP contribution in [0.25, 0.3) is 11.0 Å². The second-order valence-corrected chi connectivity index (χ2v) is 9.95. The highest BCUT2D eigenvalue weighted by Gasteiger charge is 2.27. The van der Waals surface area contributed by atoms with Crippen molar-refractivity contribution in [3.63, 3.8) is 0 Å². The van der Waals surface area contributed by atoms with Gasteiger partial charge in [-0.3, -0.25) is 14.2 Å². The molecule has 0 saturated carbocycles. The molecule has 33 heavy (non-hydrogen) atoms. The van der Waals surface area contributed by atoms with E-state index >= 15 is 0 Å². The molecule has 3 aromatic heterocycles. The third kappa shape index (κ3) is 5.32. The summed E-state index contributed by atoms with van der Waals surface area (Å²) in [6, 6.07) is 1.34. The summed E-state index contributed by atoms with van der Waals surface area (Å²) in [5.74, 6) is 2.24. The van der Waals surface area contributed by atoms with Gasteiger partial charge in [0.05, 0.1) is 24.2 Å². The first-order valence-corrected chi connectivity index (χ1v) is 13.1.